The van der Waals surface area contributed by atoms with Crippen molar-refractivity contribution in [2.45, 2.75) is 88.7 Å². The Morgan fingerprint density at radius 1 is 1.23 bits per heavy atom. The Hall–Kier alpha value is -0.830. The van der Waals surface area contributed by atoms with E-state index in [4.69, 9.17) is 0 Å². The summed E-state index contributed by atoms with van der Waals surface area (Å²) in [7, 11) is -4.43. The summed E-state index contributed by atoms with van der Waals surface area (Å²) in [4.78, 5) is 23.3. The molecule has 0 spiro atoms. The van der Waals surface area contributed by atoms with Gasteiger partial charge in [0.1, 0.15) is 0 Å². The fraction of sp³-hybridized carbons (Fsp3) is 0.895. The van der Waals surface area contributed by atoms with Gasteiger partial charge in [0.15, 0.2) is 0 Å². The molecule has 0 aromatic carbocycles. The summed E-state index contributed by atoms with van der Waals surface area (Å²) in [6.45, 7) is 3.88. The first-order valence-electron chi connectivity index (χ1n) is 10.8. The molecule has 3 N–H and O–H groups in total. The van der Waals surface area contributed by atoms with Gasteiger partial charge in [-0.25, -0.2) is 9.36 Å². The lowest BCUT2D eigenvalue weighted by Gasteiger charge is -2.16. The SMILES string of the molecule is CC(C)O[P@](=O)(F)OCCCCCCNC(=O)CCCC[C@@H]1SC[C@H]2NC(=O)N[C@@H]12. The zero-order valence-corrected chi connectivity index (χ0v) is 19.6. The maximum absolute atomic E-state index is 13.4. The number of thioether (sulfide) groups is 1. The third kappa shape index (κ3) is 9.54. The quantitative estimate of drug-likeness (QED) is 0.192. The molecule has 0 unspecified atom stereocenters. The number of carbonyl (C=O) groups is 2. The van der Waals surface area contributed by atoms with Crippen LogP contribution in [-0.4, -0.2) is 54.3 Å². The standard InChI is InChI=1S/C19H35FN3O5PS/c1-14(2)28-29(20,26)27-12-8-4-3-7-11-21-17(24)10-6-5-9-16-18-15(13-30-16)22-19(25)23-18/h14-16,18H,3-13H2,1-2H3,(H,21,24)(H2,22,23,25)/t15-,16+,18-,29+/m1/s1. The van der Waals surface area contributed by atoms with Crippen LogP contribution < -0.4 is 16.0 Å². The number of carbonyl (C=O) groups excluding carboxylic acids is 2. The predicted octanol–water partition coefficient (Wildman–Crippen LogP) is 3.91. The Bertz CT molecular complexity index is 613. The summed E-state index contributed by atoms with van der Waals surface area (Å²) in [6, 6.07) is 0.406. The van der Waals surface area contributed by atoms with Gasteiger partial charge >= 0.3 is 13.9 Å². The van der Waals surface area contributed by atoms with Crippen LogP contribution in [0.15, 0.2) is 0 Å². The van der Waals surface area contributed by atoms with Crippen molar-refractivity contribution in [3.63, 3.8) is 0 Å². The second kappa shape index (κ2) is 12.9. The van der Waals surface area contributed by atoms with Gasteiger partial charge in [-0.15, -0.1) is 4.20 Å². The summed E-state index contributed by atoms with van der Waals surface area (Å²) < 4.78 is 34.0. The minimum atomic E-state index is -4.43. The predicted molar refractivity (Wildman–Crippen MR) is 116 cm³/mol. The van der Waals surface area contributed by atoms with Crippen molar-refractivity contribution in [2.24, 2.45) is 0 Å². The molecule has 2 saturated heterocycles. The number of fused-ring (bicyclic) bond motifs is 1. The third-order valence-corrected chi connectivity index (χ3v) is 7.73. The molecule has 0 aromatic rings. The number of halogens is 1. The van der Waals surface area contributed by atoms with Crippen LogP contribution in [0.5, 0.6) is 0 Å². The molecule has 30 heavy (non-hydrogen) atoms. The smallest absolute Gasteiger partial charge is 0.356 e. The van der Waals surface area contributed by atoms with Crippen molar-refractivity contribution in [1.82, 2.24) is 16.0 Å². The average molecular weight is 468 g/mol. The summed E-state index contributed by atoms with van der Waals surface area (Å²) in [5, 5.41) is 9.28. The van der Waals surface area contributed by atoms with Gasteiger partial charge in [0, 0.05) is 24.0 Å². The summed E-state index contributed by atoms with van der Waals surface area (Å²) in [5.41, 5.74) is 0. The number of hydrogen-bond donors (Lipinski definition) is 3. The van der Waals surface area contributed by atoms with Crippen LogP contribution in [0.4, 0.5) is 8.99 Å². The van der Waals surface area contributed by atoms with E-state index in [1.165, 1.54) is 0 Å². The van der Waals surface area contributed by atoms with Gasteiger partial charge < -0.3 is 16.0 Å². The van der Waals surface area contributed by atoms with Crippen LogP contribution in [0, 0.1) is 0 Å². The molecule has 0 bridgehead atoms. The van der Waals surface area contributed by atoms with Crippen molar-refractivity contribution >= 4 is 31.6 Å². The highest BCUT2D eigenvalue weighted by Gasteiger charge is 2.42. The largest absolute Gasteiger partial charge is 0.513 e. The fourth-order valence-electron chi connectivity index (χ4n) is 3.63. The minimum absolute atomic E-state index is 0.0630. The van der Waals surface area contributed by atoms with E-state index in [0.29, 0.717) is 24.6 Å². The van der Waals surface area contributed by atoms with Crippen LogP contribution in [-0.2, 0) is 18.4 Å². The lowest BCUT2D eigenvalue weighted by molar-refractivity contribution is -0.121. The van der Waals surface area contributed by atoms with Gasteiger partial charge in [-0.2, -0.15) is 11.8 Å². The Morgan fingerprint density at radius 3 is 2.77 bits per heavy atom. The number of hydrogen-bond acceptors (Lipinski definition) is 6. The second-order valence-electron chi connectivity index (χ2n) is 8.05. The van der Waals surface area contributed by atoms with Crippen molar-refractivity contribution < 1.29 is 27.4 Å². The van der Waals surface area contributed by atoms with Gasteiger partial charge in [0.25, 0.3) is 0 Å². The molecule has 0 radical (unpaired) electrons. The Morgan fingerprint density at radius 2 is 2.00 bits per heavy atom. The minimum Gasteiger partial charge on any atom is -0.356 e. The second-order valence-corrected chi connectivity index (χ2v) is 10.7. The van der Waals surface area contributed by atoms with E-state index in [1.54, 1.807) is 13.8 Å². The first-order valence-corrected chi connectivity index (χ1v) is 13.3. The van der Waals surface area contributed by atoms with E-state index in [2.05, 4.69) is 25.0 Å². The highest BCUT2D eigenvalue weighted by molar-refractivity contribution is 8.00. The van der Waals surface area contributed by atoms with Gasteiger partial charge in [0.05, 0.1) is 24.8 Å². The molecule has 3 amide bonds. The Balaban J connectivity index is 1.39. The summed E-state index contributed by atoms with van der Waals surface area (Å²) in [6.07, 6.45) is 6.00. The molecule has 2 aliphatic rings. The Kier molecular flexibility index (Phi) is 10.9. The molecular formula is C19H35FN3O5PS. The van der Waals surface area contributed by atoms with E-state index >= 15 is 0 Å². The molecule has 0 saturated carbocycles. The fourth-order valence-corrected chi connectivity index (χ4v) is 6.08. The first-order chi connectivity index (χ1) is 14.3. The summed E-state index contributed by atoms with van der Waals surface area (Å²) >= 11 is 1.89. The van der Waals surface area contributed by atoms with Crippen LogP contribution in [0.25, 0.3) is 0 Å². The van der Waals surface area contributed by atoms with E-state index < -0.39 is 14.0 Å². The molecule has 8 nitrogen and oxygen atoms in total. The van der Waals surface area contributed by atoms with Crippen LogP contribution in [0.3, 0.4) is 0 Å². The maximum Gasteiger partial charge on any atom is 0.513 e. The van der Waals surface area contributed by atoms with Crippen LogP contribution >= 0.6 is 19.7 Å². The van der Waals surface area contributed by atoms with Crippen molar-refractivity contribution in [3.8, 4) is 0 Å². The molecule has 174 valence electrons. The van der Waals surface area contributed by atoms with Gasteiger partial charge in [-0.3, -0.25) is 13.8 Å². The molecule has 0 aliphatic carbocycles. The number of rotatable bonds is 15. The van der Waals surface area contributed by atoms with E-state index in [0.717, 1.165) is 44.3 Å². The topological polar surface area (TPSA) is 106 Å². The Labute approximate surface area is 182 Å². The van der Waals surface area contributed by atoms with Gasteiger partial charge in [0.2, 0.25) is 5.91 Å². The molecule has 11 heteroatoms. The van der Waals surface area contributed by atoms with E-state index in [9.17, 15) is 18.4 Å². The van der Waals surface area contributed by atoms with Gasteiger partial charge in [-0.05, 0) is 39.5 Å². The third-order valence-electron chi connectivity index (χ3n) is 5.06. The number of urea groups is 1. The molecule has 2 fully saturated rings. The maximum atomic E-state index is 13.4. The van der Waals surface area contributed by atoms with E-state index in [1.807, 2.05) is 11.8 Å². The van der Waals surface area contributed by atoms with E-state index in [-0.39, 0.29) is 30.6 Å². The monoisotopic (exact) mass is 467 g/mol. The van der Waals surface area contributed by atoms with Crippen molar-refractivity contribution in [1.29, 1.82) is 0 Å². The first kappa shape index (κ1) is 25.4. The normalized spacial score (nSPS) is 24.9. The lowest BCUT2D eigenvalue weighted by atomic mass is 10.0. The van der Waals surface area contributed by atoms with Crippen molar-refractivity contribution in [2.75, 3.05) is 18.9 Å². The number of nitrogens with one attached hydrogen (secondary N) is 3. The van der Waals surface area contributed by atoms with Gasteiger partial charge in [-0.1, -0.05) is 19.3 Å². The molecule has 4 atom stereocenters. The molecule has 2 aliphatic heterocycles. The number of unbranched alkanes of at least 4 members (excludes halogenated alkanes) is 4. The van der Waals surface area contributed by atoms with Crippen LogP contribution in [0.1, 0.15) is 65.2 Å². The number of amides is 3. The zero-order chi connectivity index (χ0) is 22.0. The molecule has 2 heterocycles. The lowest BCUT2D eigenvalue weighted by Crippen LogP contribution is -2.36. The molecular weight excluding hydrogens is 432 g/mol. The zero-order valence-electron chi connectivity index (χ0n) is 17.9. The molecule has 2 rings (SSSR count). The highest BCUT2D eigenvalue weighted by atomic mass is 32.2. The van der Waals surface area contributed by atoms with Crippen molar-refractivity contribution in [3.05, 3.63) is 0 Å². The van der Waals surface area contributed by atoms with Crippen LogP contribution in [0.2, 0.25) is 0 Å². The molecule has 0 aromatic heterocycles. The summed E-state index contributed by atoms with van der Waals surface area (Å²) in [5.74, 6) is 1.02. The highest BCUT2D eigenvalue weighted by Crippen LogP contribution is 2.51. The average Bonchev–Trinajstić information content (AvgIpc) is 3.19.